The molecule has 0 fully saturated rings. The minimum absolute atomic E-state index is 0.236. The number of rotatable bonds is 7. The number of anilines is 1. The van der Waals surface area contributed by atoms with E-state index >= 15 is 0 Å². The number of aromatic nitrogens is 2. The third-order valence-corrected chi connectivity index (χ3v) is 6.81. The van der Waals surface area contributed by atoms with Gasteiger partial charge in [-0.3, -0.25) is 14.7 Å². The number of thiazole rings is 1. The number of methoxy groups -OCH3 is 3. The largest absolute Gasteiger partial charge is 0.496 e. The average Bonchev–Trinajstić information content (AvgIpc) is 3.36. The van der Waals surface area contributed by atoms with Crippen molar-refractivity contribution >= 4 is 43.4 Å². The highest BCUT2D eigenvalue weighted by atomic mass is 32.1. The van der Waals surface area contributed by atoms with E-state index in [2.05, 4.69) is 4.98 Å². The van der Waals surface area contributed by atoms with Gasteiger partial charge in [-0.05, 0) is 47.2 Å². The van der Waals surface area contributed by atoms with E-state index in [1.54, 1.807) is 32.4 Å². The zero-order valence-electron chi connectivity index (χ0n) is 19.5. The standard InChI is InChI=1S/C27H23N3O4S/c1-32-21-11-12-22(33-2)25-24(21)29-27(35-25)30(16-19-10-6-7-13-28-19)26(31)20-14-17-8-4-5-9-18(17)15-23(20)34-3/h4-15H,16H2,1-3H3. The summed E-state index contributed by atoms with van der Waals surface area (Å²) < 4.78 is 17.5. The quantitative estimate of drug-likeness (QED) is 0.294. The molecule has 0 aliphatic carbocycles. The minimum Gasteiger partial charge on any atom is -0.496 e. The van der Waals surface area contributed by atoms with Crippen LogP contribution in [0, 0.1) is 0 Å². The van der Waals surface area contributed by atoms with Crippen LogP contribution >= 0.6 is 11.3 Å². The molecule has 176 valence electrons. The van der Waals surface area contributed by atoms with E-state index in [1.165, 1.54) is 11.3 Å². The Kier molecular flexibility index (Phi) is 6.20. The summed E-state index contributed by atoms with van der Waals surface area (Å²) in [4.78, 5) is 24.9. The van der Waals surface area contributed by atoms with E-state index in [0.717, 1.165) is 21.2 Å². The van der Waals surface area contributed by atoms with Crippen LogP contribution in [0.1, 0.15) is 16.1 Å². The zero-order chi connectivity index (χ0) is 24.4. The van der Waals surface area contributed by atoms with Gasteiger partial charge in [0.05, 0.1) is 39.1 Å². The first-order chi connectivity index (χ1) is 17.1. The predicted octanol–water partition coefficient (Wildman–Crippen LogP) is 5.72. The van der Waals surface area contributed by atoms with E-state index < -0.39 is 0 Å². The number of carbonyl (C=O) groups excluding carboxylic acids is 1. The van der Waals surface area contributed by atoms with Gasteiger partial charge >= 0.3 is 0 Å². The Balaban J connectivity index is 1.67. The van der Waals surface area contributed by atoms with Crippen molar-refractivity contribution in [3.05, 3.63) is 84.2 Å². The molecule has 5 rings (SSSR count). The third kappa shape index (κ3) is 4.24. The fraction of sp³-hybridized carbons (Fsp3) is 0.148. The number of carbonyl (C=O) groups is 1. The topological polar surface area (TPSA) is 73.8 Å². The Morgan fingerprint density at radius 2 is 1.54 bits per heavy atom. The molecule has 0 saturated carbocycles. The highest BCUT2D eigenvalue weighted by molar-refractivity contribution is 7.22. The first-order valence-electron chi connectivity index (χ1n) is 10.9. The molecule has 0 aliphatic rings. The van der Waals surface area contributed by atoms with Gasteiger partial charge in [0.1, 0.15) is 27.5 Å². The molecule has 5 aromatic rings. The highest BCUT2D eigenvalue weighted by Crippen LogP contribution is 2.41. The van der Waals surface area contributed by atoms with Gasteiger partial charge in [-0.2, -0.15) is 0 Å². The van der Waals surface area contributed by atoms with Crippen molar-refractivity contribution in [1.29, 1.82) is 0 Å². The monoisotopic (exact) mass is 485 g/mol. The van der Waals surface area contributed by atoms with E-state index in [4.69, 9.17) is 19.2 Å². The number of amides is 1. The van der Waals surface area contributed by atoms with Gasteiger partial charge in [0.15, 0.2) is 5.13 Å². The Bertz CT molecular complexity index is 1480. The van der Waals surface area contributed by atoms with Gasteiger partial charge in [-0.15, -0.1) is 0 Å². The van der Waals surface area contributed by atoms with Crippen LogP contribution in [0.25, 0.3) is 21.0 Å². The summed E-state index contributed by atoms with van der Waals surface area (Å²) in [5, 5.41) is 2.45. The summed E-state index contributed by atoms with van der Waals surface area (Å²) in [6, 6.07) is 20.9. The minimum atomic E-state index is -0.241. The average molecular weight is 486 g/mol. The van der Waals surface area contributed by atoms with Gasteiger partial charge < -0.3 is 14.2 Å². The maximum absolute atomic E-state index is 14.1. The lowest BCUT2D eigenvalue weighted by Crippen LogP contribution is -2.31. The van der Waals surface area contributed by atoms with Gasteiger partial charge in [0.25, 0.3) is 5.91 Å². The lowest BCUT2D eigenvalue weighted by atomic mass is 10.0. The predicted molar refractivity (Wildman–Crippen MR) is 138 cm³/mol. The molecule has 2 aromatic heterocycles. The molecule has 0 atom stereocenters. The second kappa shape index (κ2) is 9.60. The molecule has 7 nitrogen and oxygen atoms in total. The summed E-state index contributed by atoms with van der Waals surface area (Å²) >= 11 is 1.37. The van der Waals surface area contributed by atoms with Gasteiger partial charge in [0.2, 0.25) is 0 Å². The number of hydrogen-bond acceptors (Lipinski definition) is 7. The van der Waals surface area contributed by atoms with Gasteiger partial charge in [-0.25, -0.2) is 4.98 Å². The molecule has 0 saturated heterocycles. The second-order valence-corrected chi connectivity index (χ2v) is 8.73. The Hall–Kier alpha value is -4.17. The summed E-state index contributed by atoms with van der Waals surface area (Å²) in [5.41, 5.74) is 1.82. The van der Waals surface area contributed by atoms with Crippen LogP contribution < -0.4 is 19.1 Å². The van der Waals surface area contributed by atoms with Crippen molar-refractivity contribution < 1.29 is 19.0 Å². The molecule has 0 radical (unpaired) electrons. The molecule has 3 aromatic carbocycles. The van der Waals surface area contributed by atoms with Crippen LogP contribution in [0.2, 0.25) is 0 Å². The van der Waals surface area contributed by atoms with Crippen LogP contribution in [-0.2, 0) is 6.54 Å². The Morgan fingerprint density at radius 3 is 2.23 bits per heavy atom. The van der Waals surface area contributed by atoms with E-state index in [-0.39, 0.29) is 12.5 Å². The van der Waals surface area contributed by atoms with E-state index in [9.17, 15) is 4.79 Å². The fourth-order valence-electron chi connectivity index (χ4n) is 3.97. The zero-order valence-corrected chi connectivity index (χ0v) is 20.3. The summed E-state index contributed by atoms with van der Waals surface area (Å²) in [6.07, 6.45) is 1.71. The van der Waals surface area contributed by atoms with Crippen LogP contribution in [0.15, 0.2) is 72.9 Å². The fourth-order valence-corrected chi connectivity index (χ4v) is 5.04. The molecular formula is C27H23N3O4S. The molecule has 2 heterocycles. The first kappa shape index (κ1) is 22.6. The van der Waals surface area contributed by atoms with E-state index in [1.807, 2.05) is 66.7 Å². The molecule has 8 heteroatoms. The molecular weight excluding hydrogens is 462 g/mol. The number of ether oxygens (including phenoxy) is 3. The summed E-state index contributed by atoms with van der Waals surface area (Å²) in [6.45, 7) is 0.236. The van der Waals surface area contributed by atoms with Crippen LogP contribution in [0.3, 0.4) is 0 Å². The van der Waals surface area contributed by atoms with Crippen LogP contribution in [0.4, 0.5) is 5.13 Å². The van der Waals surface area contributed by atoms with Crippen molar-refractivity contribution in [2.24, 2.45) is 0 Å². The maximum Gasteiger partial charge on any atom is 0.264 e. The summed E-state index contributed by atoms with van der Waals surface area (Å²) in [7, 11) is 4.77. The SMILES string of the molecule is COc1cc2ccccc2cc1C(=O)N(Cc1ccccn1)c1nc2c(OC)ccc(OC)c2s1. The Labute approximate surface area is 206 Å². The lowest BCUT2D eigenvalue weighted by Gasteiger charge is -2.21. The number of nitrogens with zero attached hydrogens (tertiary/aromatic N) is 3. The highest BCUT2D eigenvalue weighted by Gasteiger charge is 2.27. The second-order valence-electron chi connectivity index (χ2n) is 7.76. The molecule has 0 aliphatic heterocycles. The van der Waals surface area contributed by atoms with E-state index in [0.29, 0.717) is 33.5 Å². The normalized spacial score (nSPS) is 10.9. The molecule has 0 spiro atoms. The molecule has 0 unspecified atom stereocenters. The van der Waals surface area contributed by atoms with Gasteiger partial charge in [0, 0.05) is 6.20 Å². The number of hydrogen-bond donors (Lipinski definition) is 0. The van der Waals surface area contributed by atoms with Crippen molar-refractivity contribution in [3.8, 4) is 17.2 Å². The smallest absolute Gasteiger partial charge is 0.264 e. The summed E-state index contributed by atoms with van der Waals surface area (Å²) in [5.74, 6) is 1.53. The van der Waals surface area contributed by atoms with Crippen molar-refractivity contribution in [1.82, 2.24) is 9.97 Å². The maximum atomic E-state index is 14.1. The number of fused-ring (bicyclic) bond motifs is 2. The Morgan fingerprint density at radius 1 is 0.857 bits per heavy atom. The number of benzene rings is 3. The molecule has 35 heavy (non-hydrogen) atoms. The molecule has 1 amide bonds. The van der Waals surface area contributed by atoms with Crippen molar-refractivity contribution in [3.63, 3.8) is 0 Å². The molecule has 0 bridgehead atoms. The number of pyridine rings is 1. The third-order valence-electron chi connectivity index (χ3n) is 5.72. The van der Waals surface area contributed by atoms with Crippen molar-refractivity contribution in [2.75, 3.05) is 26.2 Å². The first-order valence-corrected chi connectivity index (χ1v) is 11.7. The van der Waals surface area contributed by atoms with Crippen molar-refractivity contribution in [2.45, 2.75) is 6.54 Å². The van der Waals surface area contributed by atoms with Gasteiger partial charge in [-0.1, -0.05) is 41.7 Å². The molecule has 0 N–H and O–H groups in total. The van der Waals surface area contributed by atoms with Crippen LogP contribution in [-0.4, -0.2) is 37.2 Å². The van der Waals surface area contributed by atoms with Crippen LogP contribution in [0.5, 0.6) is 17.2 Å². The lowest BCUT2D eigenvalue weighted by molar-refractivity contribution is 0.0982.